The molecule has 3 atom stereocenters. The molecule has 0 bridgehead atoms. The molecule has 0 aliphatic carbocycles. The van der Waals surface area contributed by atoms with Crippen LogP contribution in [0.5, 0.6) is 0 Å². The summed E-state index contributed by atoms with van der Waals surface area (Å²) < 4.78 is 0. The van der Waals surface area contributed by atoms with Gasteiger partial charge in [-0.25, -0.2) is 0 Å². The summed E-state index contributed by atoms with van der Waals surface area (Å²) in [6.07, 6.45) is 0.809. The second kappa shape index (κ2) is 12.4. The van der Waals surface area contributed by atoms with Gasteiger partial charge in [0.25, 0.3) is 0 Å². The van der Waals surface area contributed by atoms with E-state index in [0.717, 1.165) is 13.0 Å². The van der Waals surface area contributed by atoms with Gasteiger partial charge in [0.05, 0.1) is 12.1 Å². The summed E-state index contributed by atoms with van der Waals surface area (Å²) in [7, 11) is 3.37. The third-order valence-corrected chi connectivity index (χ3v) is 2.85. The first-order valence-electron chi connectivity index (χ1n) is 7.10. The number of aliphatic hydroxyl groups excluding tert-OH is 1. The molecule has 0 saturated carbocycles. The summed E-state index contributed by atoms with van der Waals surface area (Å²) in [5.74, 6) is 0.668. The zero-order valence-corrected chi connectivity index (χ0v) is 13.6. The number of amides is 1. The van der Waals surface area contributed by atoms with Crippen LogP contribution in [0.4, 0.5) is 0 Å². The topological polar surface area (TPSA) is 73.4 Å². The van der Waals surface area contributed by atoms with E-state index in [0.29, 0.717) is 5.92 Å². The lowest BCUT2D eigenvalue weighted by molar-refractivity contribution is -0.122. The Labute approximate surface area is 118 Å². The van der Waals surface area contributed by atoms with Crippen LogP contribution in [-0.4, -0.2) is 49.8 Å². The van der Waals surface area contributed by atoms with Crippen molar-refractivity contribution in [1.82, 2.24) is 16.0 Å². The zero-order chi connectivity index (χ0) is 15.4. The average Bonchev–Trinajstić information content (AvgIpc) is 2.36. The SMILES string of the molecule is CCNC(CC(C)C)C(C)O.CNC(=O)[C@H](C)NC. The molecule has 0 heterocycles. The molecule has 0 radical (unpaired) electrons. The van der Waals surface area contributed by atoms with E-state index in [1.165, 1.54) is 0 Å². The zero-order valence-electron chi connectivity index (χ0n) is 13.6. The highest BCUT2D eigenvalue weighted by molar-refractivity contribution is 5.80. The van der Waals surface area contributed by atoms with Crippen LogP contribution < -0.4 is 16.0 Å². The molecule has 0 aromatic carbocycles. The largest absolute Gasteiger partial charge is 0.392 e. The van der Waals surface area contributed by atoms with Gasteiger partial charge in [-0.3, -0.25) is 4.79 Å². The summed E-state index contributed by atoms with van der Waals surface area (Å²) in [4.78, 5) is 10.6. The molecule has 0 aliphatic heterocycles. The molecule has 0 rings (SSSR count). The first kappa shape index (κ1) is 20.7. The fourth-order valence-corrected chi connectivity index (χ4v) is 1.57. The fourth-order valence-electron chi connectivity index (χ4n) is 1.57. The van der Waals surface area contributed by atoms with Gasteiger partial charge in [-0.15, -0.1) is 0 Å². The van der Waals surface area contributed by atoms with Gasteiger partial charge in [0, 0.05) is 13.1 Å². The second-order valence-corrected chi connectivity index (χ2v) is 5.16. The van der Waals surface area contributed by atoms with Crippen molar-refractivity contribution in [2.45, 2.75) is 59.2 Å². The number of hydrogen-bond acceptors (Lipinski definition) is 4. The van der Waals surface area contributed by atoms with E-state index in [1.807, 2.05) is 6.92 Å². The Bertz CT molecular complexity index is 221. The van der Waals surface area contributed by atoms with E-state index in [1.54, 1.807) is 21.0 Å². The fraction of sp³-hybridized carbons (Fsp3) is 0.929. The van der Waals surface area contributed by atoms with Crippen LogP contribution in [0.3, 0.4) is 0 Å². The van der Waals surface area contributed by atoms with Gasteiger partial charge in [0.1, 0.15) is 0 Å². The number of carbonyl (C=O) groups excluding carboxylic acids is 1. The molecule has 5 nitrogen and oxygen atoms in total. The van der Waals surface area contributed by atoms with Gasteiger partial charge in [0.2, 0.25) is 5.91 Å². The molecule has 0 aromatic rings. The maximum Gasteiger partial charge on any atom is 0.236 e. The van der Waals surface area contributed by atoms with E-state index < -0.39 is 0 Å². The molecule has 0 aliphatic rings. The van der Waals surface area contributed by atoms with E-state index in [9.17, 15) is 9.90 Å². The summed E-state index contributed by atoms with van der Waals surface area (Å²) in [6, 6.07) is 0.181. The highest BCUT2D eigenvalue weighted by atomic mass is 16.3. The molecule has 0 aromatic heterocycles. The first-order chi connectivity index (χ1) is 8.79. The number of aliphatic hydroxyl groups is 1. The Morgan fingerprint density at radius 3 is 1.89 bits per heavy atom. The predicted molar refractivity (Wildman–Crippen MR) is 81.2 cm³/mol. The van der Waals surface area contributed by atoms with Crippen LogP contribution >= 0.6 is 0 Å². The minimum absolute atomic E-state index is 0.0208. The molecule has 0 saturated heterocycles. The summed E-state index contributed by atoms with van der Waals surface area (Å²) in [5.41, 5.74) is 0. The Morgan fingerprint density at radius 2 is 1.68 bits per heavy atom. The molecule has 1 amide bonds. The Hall–Kier alpha value is -0.650. The van der Waals surface area contributed by atoms with E-state index >= 15 is 0 Å². The maximum absolute atomic E-state index is 10.6. The lowest BCUT2D eigenvalue weighted by Gasteiger charge is -2.22. The summed E-state index contributed by atoms with van der Waals surface area (Å²) >= 11 is 0. The van der Waals surface area contributed by atoms with Crippen molar-refractivity contribution in [3.8, 4) is 0 Å². The molecule has 5 heteroatoms. The normalized spacial score (nSPS) is 15.2. The average molecular weight is 275 g/mol. The predicted octanol–water partition coefficient (Wildman–Crippen LogP) is 0.732. The minimum Gasteiger partial charge on any atom is -0.392 e. The van der Waals surface area contributed by atoms with Crippen molar-refractivity contribution in [2.75, 3.05) is 20.6 Å². The Morgan fingerprint density at radius 1 is 1.16 bits per heavy atom. The van der Waals surface area contributed by atoms with Crippen molar-refractivity contribution < 1.29 is 9.90 Å². The third-order valence-electron chi connectivity index (χ3n) is 2.85. The quantitative estimate of drug-likeness (QED) is 0.553. The van der Waals surface area contributed by atoms with Crippen molar-refractivity contribution in [3.63, 3.8) is 0 Å². The standard InChI is InChI=1S/C9H21NO.C5H12N2O/c1-5-10-9(8(4)11)6-7(2)3;1-4(6-2)5(8)7-3/h7-11H,5-6H2,1-4H3;4,6H,1-3H3,(H,7,8)/t;4-/m.0/s1. The monoisotopic (exact) mass is 275 g/mol. The van der Waals surface area contributed by atoms with Crippen LogP contribution in [0.25, 0.3) is 0 Å². The molecule has 0 spiro atoms. The first-order valence-corrected chi connectivity index (χ1v) is 7.10. The van der Waals surface area contributed by atoms with E-state index in [4.69, 9.17) is 0 Å². The smallest absolute Gasteiger partial charge is 0.236 e. The third kappa shape index (κ3) is 12.1. The van der Waals surface area contributed by atoms with Crippen LogP contribution in [0.2, 0.25) is 0 Å². The van der Waals surface area contributed by atoms with Gasteiger partial charge in [-0.05, 0) is 39.8 Å². The number of nitrogens with one attached hydrogen (secondary N) is 3. The van der Waals surface area contributed by atoms with Gasteiger partial charge >= 0.3 is 0 Å². The van der Waals surface area contributed by atoms with Crippen molar-refractivity contribution in [2.24, 2.45) is 5.92 Å². The Balaban J connectivity index is 0. The van der Waals surface area contributed by atoms with E-state index in [-0.39, 0.29) is 24.1 Å². The highest BCUT2D eigenvalue weighted by Crippen LogP contribution is 2.07. The van der Waals surface area contributed by atoms with Gasteiger partial charge < -0.3 is 21.1 Å². The summed E-state index contributed by atoms with van der Waals surface area (Å²) in [5, 5.41) is 17.9. The molecule has 116 valence electrons. The number of hydrogen-bond donors (Lipinski definition) is 4. The number of carbonyl (C=O) groups is 1. The Kier molecular flexibility index (Phi) is 13.5. The van der Waals surface area contributed by atoms with E-state index in [2.05, 4.69) is 36.7 Å². The lowest BCUT2D eigenvalue weighted by atomic mass is 10.0. The minimum atomic E-state index is -0.239. The highest BCUT2D eigenvalue weighted by Gasteiger charge is 2.14. The van der Waals surface area contributed by atoms with Crippen LogP contribution in [0, 0.1) is 5.92 Å². The molecule has 4 N–H and O–H groups in total. The molecular weight excluding hydrogens is 242 g/mol. The summed E-state index contributed by atoms with van der Waals surface area (Å²) in [6.45, 7) is 11.0. The molecule has 2 unspecified atom stereocenters. The molecular formula is C14H33N3O2. The number of rotatable bonds is 7. The van der Waals surface area contributed by atoms with Crippen molar-refractivity contribution in [3.05, 3.63) is 0 Å². The molecule has 0 fully saturated rings. The van der Waals surface area contributed by atoms with Crippen LogP contribution in [0.1, 0.15) is 41.0 Å². The lowest BCUT2D eigenvalue weighted by Crippen LogP contribution is -2.39. The number of likely N-dealkylation sites (N-methyl/N-ethyl adjacent to an activating group) is 3. The van der Waals surface area contributed by atoms with Gasteiger partial charge in [-0.1, -0.05) is 20.8 Å². The molecule has 19 heavy (non-hydrogen) atoms. The van der Waals surface area contributed by atoms with Crippen LogP contribution in [-0.2, 0) is 4.79 Å². The van der Waals surface area contributed by atoms with Crippen molar-refractivity contribution >= 4 is 5.91 Å². The van der Waals surface area contributed by atoms with Gasteiger partial charge in [0.15, 0.2) is 0 Å². The maximum atomic E-state index is 10.6. The van der Waals surface area contributed by atoms with Gasteiger partial charge in [-0.2, -0.15) is 0 Å². The van der Waals surface area contributed by atoms with Crippen LogP contribution in [0.15, 0.2) is 0 Å². The van der Waals surface area contributed by atoms with Crippen molar-refractivity contribution in [1.29, 1.82) is 0 Å². The second-order valence-electron chi connectivity index (χ2n) is 5.16.